The molecule has 1 aliphatic heterocycles. The van der Waals surface area contributed by atoms with Gasteiger partial charge in [-0.05, 0) is 19.9 Å². The standard InChI is InChI=1S/C7H11N/c1-8-4-2-3-6-5-7(6)8/h3,7H,2,4-5H2,1H3. The van der Waals surface area contributed by atoms with E-state index in [0.29, 0.717) is 0 Å². The molecule has 1 heterocycles. The van der Waals surface area contributed by atoms with Gasteiger partial charge in [0.15, 0.2) is 0 Å². The van der Waals surface area contributed by atoms with Crippen LogP contribution in [-0.2, 0) is 0 Å². The molecule has 0 bridgehead atoms. The third-order valence-corrected chi connectivity index (χ3v) is 2.12. The average Bonchev–Trinajstić information content (AvgIpc) is 2.45. The lowest BCUT2D eigenvalue weighted by molar-refractivity contribution is 0.332. The van der Waals surface area contributed by atoms with E-state index in [1.54, 1.807) is 5.57 Å². The molecule has 0 aromatic carbocycles. The molecule has 0 amide bonds. The maximum Gasteiger partial charge on any atom is 0.0343 e. The van der Waals surface area contributed by atoms with Crippen LogP contribution in [0, 0.1) is 0 Å². The van der Waals surface area contributed by atoms with Crippen molar-refractivity contribution in [1.29, 1.82) is 0 Å². The zero-order valence-electron chi connectivity index (χ0n) is 5.22. The van der Waals surface area contributed by atoms with Crippen LogP contribution in [0.3, 0.4) is 0 Å². The van der Waals surface area contributed by atoms with Crippen LogP contribution >= 0.6 is 0 Å². The number of nitrogens with zero attached hydrogens (tertiary/aromatic N) is 1. The monoisotopic (exact) mass is 109 g/mol. The molecule has 0 radical (unpaired) electrons. The van der Waals surface area contributed by atoms with Gasteiger partial charge in [-0.25, -0.2) is 0 Å². The summed E-state index contributed by atoms with van der Waals surface area (Å²) in [6.07, 6.45) is 5.03. The summed E-state index contributed by atoms with van der Waals surface area (Å²) >= 11 is 0. The van der Waals surface area contributed by atoms with Gasteiger partial charge in [-0.3, -0.25) is 4.90 Å². The quantitative estimate of drug-likeness (QED) is 0.420. The van der Waals surface area contributed by atoms with E-state index in [1.807, 2.05) is 0 Å². The van der Waals surface area contributed by atoms with Gasteiger partial charge in [0, 0.05) is 12.6 Å². The van der Waals surface area contributed by atoms with Crippen LogP contribution in [0.5, 0.6) is 0 Å². The van der Waals surface area contributed by atoms with Gasteiger partial charge in [-0.2, -0.15) is 0 Å². The molecule has 0 aromatic rings. The highest BCUT2D eigenvalue weighted by atomic mass is 15.2. The Morgan fingerprint density at radius 3 is 3.25 bits per heavy atom. The van der Waals surface area contributed by atoms with E-state index in [9.17, 15) is 0 Å². The minimum absolute atomic E-state index is 0.865. The Labute approximate surface area is 50.0 Å². The second-order valence-electron chi connectivity index (χ2n) is 2.77. The van der Waals surface area contributed by atoms with Crippen molar-refractivity contribution >= 4 is 0 Å². The minimum atomic E-state index is 0.865. The molecule has 0 spiro atoms. The van der Waals surface area contributed by atoms with Crippen LogP contribution in [0.2, 0.25) is 0 Å². The zero-order chi connectivity index (χ0) is 5.56. The van der Waals surface area contributed by atoms with Crippen molar-refractivity contribution in [3.8, 4) is 0 Å². The Kier molecular flexibility index (Phi) is 0.770. The van der Waals surface area contributed by atoms with E-state index in [-0.39, 0.29) is 0 Å². The molecular formula is C7H11N. The lowest BCUT2D eigenvalue weighted by atomic mass is 10.3. The van der Waals surface area contributed by atoms with Crippen molar-refractivity contribution in [2.75, 3.05) is 13.6 Å². The molecular weight excluding hydrogens is 98.1 g/mol. The minimum Gasteiger partial charge on any atom is -0.299 e. The summed E-state index contributed by atoms with van der Waals surface area (Å²) in [5.74, 6) is 0. The highest BCUT2D eigenvalue weighted by molar-refractivity contribution is 5.30. The highest BCUT2D eigenvalue weighted by Crippen LogP contribution is 2.36. The summed E-state index contributed by atoms with van der Waals surface area (Å²) in [6.45, 7) is 1.27. The van der Waals surface area contributed by atoms with E-state index in [0.717, 1.165) is 6.04 Å². The topological polar surface area (TPSA) is 3.24 Å². The van der Waals surface area contributed by atoms with E-state index in [2.05, 4.69) is 18.0 Å². The van der Waals surface area contributed by atoms with Crippen LogP contribution in [0.25, 0.3) is 0 Å². The van der Waals surface area contributed by atoms with E-state index >= 15 is 0 Å². The average molecular weight is 109 g/mol. The highest BCUT2D eigenvalue weighted by Gasteiger charge is 2.34. The van der Waals surface area contributed by atoms with Crippen LogP contribution in [0.1, 0.15) is 12.8 Å². The normalized spacial score (nSPS) is 36.1. The van der Waals surface area contributed by atoms with E-state index in [1.165, 1.54) is 19.4 Å². The van der Waals surface area contributed by atoms with Crippen LogP contribution in [-0.4, -0.2) is 24.5 Å². The zero-order valence-corrected chi connectivity index (χ0v) is 5.22. The summed E-state index contributed by atoms with van der Waals surface area (Å²) in [7, 11) is 2.21. The fraction of sp³-hybridized carbons (Fsp3) is 0.714. The number of hydrogen-bond acceptors (Lipinski definition) is 1. The van der Waals surface area contributed by atoms with E-state index in [4.69, 9.17) is 0 Å². The van der Waals surface area contributed by atoms with E-state index < -0.39 is 0 Å². The van der Waals surface area contributed by atoms with Crippen LogP contribution in [0.4, 0.5) is 0 Å². The predicted octanol–water partition coefficient (Wildman–Crippen LogP) is 1.02. The van der Waals surface area contributed by atoms with Crippen molar-refractivity contribution in [3.05, 3.63) is 11.6 Å². The first-order valence-corrected chi connectivity index (χ1v) is 3.27. The van der Waals surface area contributed by atoms with Gasteiger partial charge in [0.2, 0.25) is 0 Å². The van der Waals surface area contributed by atoms with Gasteiger partial charge in [0.25, 0.3) is 0 Å². The molecule has 1 fully saturated rings. The molecule has 0 saturated heterocycles. The third kappa shape index (κ3) is 0.511. The Balaban J connectivity index is 2.17. The fourth-order valence-corrected chi connectivity index (χ4v) is 1.43. The third-order valence-electron chi connectivity index (χ3n) is 2.12. The summed E-state index contributed by atoms with van der Waals surface area (Å²) in [5, 5.41) is 0. The number of fused-ring (bicyclic) bond motifs is 1. The first kappa shape index (κ1) is 4.57. The number of likely N-dealkylation sites (N-methyl/N-ethyl adjacent to an activating group) is 1. The van der Waals surface area contributed by atoms with Gasteiger partial charge in [0.05, 0.1) is 0 Å². The van der Waals surface area contributed by atoms with Crippen molar-refractivity contribution in [2.45, 2.75) is 18.9 Å². The lowest BCUT2D eigenvalue weighted by Gasteiger charge is -2.16. The largest absolute Gasteiger partial charge is 0.299 e. The van der Waals surface area contributed by atoms with Crippen molar-refractivity contribution in [2.24, 2.45) is 0 Å². The van der Waals surface area contributed by atoms with Crippen LogP contribution < -0.4 is 0 Å². The number of rotatable bonds is 0. The Morgan fingerprint density at radius 2 is 2.62 bits per heavy atom. The van der Waals surface area contributed by atoms with Crippen molar-refractivity contribution in [3.63, 3.8) is 0 Å². The first-order chi connectivity index (χ1) is 3.88. The predicted molar refractivity (Wildman–Crippen MR) is 33.7 cm³/mol. The second-order valence-corrected chi connectivity index (χ2v) is 2.77. The molecule has 1 atom stereocenters. The summed E-state index contributed by atoms with van der Waals surface area (Å²) in [4.78, 5) is 2.44. The molecule has 1 unspecified atom stereocenters. The van der Waals surface area contributed by atoms with Gasteiger partial charge < -0.3 is 0 Å². The Bertz CT molecular complexity index is 137. The van der Waals surface area contributed by atoms with Crippen molar-refractivity contribution < 1.29 is 0 Å². The molecule has 44 valence electrons. The number of hydrogen-bond donors (Lipinski definition) is 0. The summed E-state index contributed by atoms with van der Waals surface area (Å²) in [5.41, 5.74) is 1.68. The molecule has 1 saturated carbocycles. The molecule has 1 heteroatoms. The Hall–Kier alpha value is -0.300. The Morgan fingerprint density at radius 1 is 1.75 bits per heavy atom. The van der Waals surface area contributed by atoms with Crippen molar-refractivity contribution in [1.82, 2.24) is 4.90 Å². The summed E-state index contributed by atoms with van der Waals surface area (Å²) in [6, 6.07) is 0.865. The molecule has 8 heavy (non-hydrogen) atoms. The first-order valence-electron chi connectivity index (χ1n) is 3.27. The SMILES string of the molecule is CN1CCC=C2CC21. The smallest absolute Gasteiger partial charge is 0.0343 e. The molecule has 0 N–H and O–H groups in total. The van der Waals surface area contributed by atoms with Crippen LogP contribution in [0.15, 0.2) is 11.6 Å². The molecule has 0 aromatic heterocycles. The molecule has 2 rings (SSSR count). The van der Waals surface area contributed by atoms with Gasteiger partial charge in [-0.15, -0.1) is 0 Å². The van der Waals surface area contributed by atoms with Gasteiger partial charge in [0.1, 0.15) is 0 Å². The molecule has 1 nitrogen and oxygen atoms in total. The maximum absolute atomic E-state index is 2.44. The van der Waals surface area contributed by atoms with Gasteiger partial charge >= 0.3 is 0 Å². The molecule has 1 aliphatic carbocycles. The fourth-order valence-electron chi connectivity index (χ4n) is 1.43. The maximum atomic E-state index is 2.44. The van der Waals surface area contributed by atoms with Gasteiger partial charge in [-0.1, -0.05) is 11.6 Å². The summed E-state index contributed by atoms with van der Waals surface area (Å²) < 4.78 is 0. The second kappa shape index (κ2) is 1.35. The lowest BCUT2D eigenvalue weighted by Crippen LogP contribution is -2.23. The molecule has 2 aliphatic rings.